The van der Waals surface area contributed by atoms with Crippen LogP contribution in [0, 0.1) is 3.57 Å². The average molecular weight is 1030 g/mol. The molecule has 4 aromatic carbocycles. The zero-order valence-corrected chi connectivity index (χ0v) is 42.7. The number of carboxylic acid groups (broad SMARTS) is 1. The molecule has 0 aliphatic rings. The van der Waals surface area contributed by atoms with Gasteiger partial charge in [0.2, 0.25) is 15.8 Å². The van der Waals surface area contributed by atoms with Crippen LogP contribution in [-0.2, 0) is 34.1 Å². The molecule has 1 aromatic heterocycles. The van der Waals surface area contributed by atoms with E-state index in [2.05, 4.69) is 66.8 Å². The molecule has 5 aromatic rings. The van der Waals surface area contributed by atoms with Crippen molar-refractivity contribution in [3.63, 3.8) is 0 Å². The van der Waals surface area contributed by atoms with Crippen LogP contribution in [0.25, 0.3) is 11.4 Å². The van der Waals surface area contributed by atoms with E-state index < -0.39 is 35.2 Å². The van der Waals surface area contributed by atoms with Crippen LogP contribution in [0.2, 0.25) is 18.1 Å². The van der Waals surface area contributed by atoms with Gasteiger partial charge in [0.05, 0.1) is 33.4 Å². The predicted octanol–water partition coefficient (Wildman–Crippen LogP) is 9.67. The van der Waals surface area contributed by atoms with Gasteiger partial charge >= 0.3 is 6.09 Å². The molecular formula is C45H59IN6O8S2Si. The van der Waals surface area contributed by atoms with E-state index in [0.717, 1.165) is 16.7 Å². The molecule has 0 aliphatic carbocycles. The molecule has 5 rings (SSSR count). The fourth-order valence-electron chi connectivity index (χ4n) is 6.29. The van der Waals surface area contributed by atoms with Gasteiger partial charge in [-0.3, -0.25) is 0 Å². The predicted molar refractivity (Wildman–Crippen MR) is 258 cm³/mol. The van der Waals surface area contributed by atoms with Crippen LogP contribution in [0.15, 0.2) is 94.7 Å². The highest BCUT2D eigenvalue weighted by Crippen LogP contribution is 2.43. The smallest absolute Gasteiger partial charge is 0.407 e. The Morgan fingerprint density at radius 2 is 1.30 bits per heavy atom. The lowest BCUT2D eigenvalue weighted by atomic mass is 10.1. The zero-order chi connectivity index (χ0) is 46.3. The number of amides is 1. The highest BCUT2D eigenvalue weighted by molar-refractivity contribution is 14.1. The van der Waals surface area contributed by atoms with E-state index in [0.29, 0.717) is 25.7 Å². The molecule has 14 nitrogen and oxygen atoms in total. The number of hydrogen-bond acceptors (Lipinski definition) is 11. The van der Waals surface area contributed by atoms with E-state index >= 15 is 8.42 Å². The maximum atomic E-state index is 15.9. The first-order chi connectivity index (χ1) is 29.6. The Bertz CT molecular complexity index is 2370. The second-order valence-corrected chi connectivity index (χ2v) is 26.8. The minimum absolute atomic E-state index is 0.0135. The maximum Gasteiger partial charge on any atom is 0.407 e. The normalized spacial score (nSPS) is 12.9. The first kappa shape index (κ1) is 49.8. The Labute approximate surface area is 391 Å². The fourth-order valence-corrected chi connectivity index (χ4v) is 11.5. The molecule has 1 N–H and O–H groups in total. The molecule has 0 aliphatic heterocycles. The van der Waals surface area contributed by atoms with E-state index in [-0.39, 0.29) is 54.1 Å². The number of halogens is 1. The van der Waals surface area contributed by atoms with Crippen LogP contribution in [0.1, 0.15) is 58.2 Å². The molecule has 63 heavy (non-hydrogen) atoms. The summed E-state index contributed by atoms with van der Waals surface area (Å²) in [6.45, 7) is 16.8. The Morgan fingerprint density at radius 1 is 0.810 bits per heavy atom. The number of thioether (sulfide) groups is 1. The Balaban J connectivity index is 1.72. The number of sulfonamides is 1. The number of methoxy groups -OCH3 is 3. The minimum atomic E-state index is -4.45. The van der Waals surface area contributed by atoms with Gasteiger partial charge in [-0.2, -0.15) is 9.10 Å². The third-order valence-electron chi connectivity index (χ3n) is 11.0. The molecular weight excluding hydrogens is 972 g/mol. The Morgan fingerprint density at radius 3 is 1.75 bits per heavy atom. The maximum absolute atomic E-state index is 15.9. The van der Waals surface area contributed by atoms with Crippen molar-refractivity contribution in [2.75, 3.05) is 34.5 Å². The van der Waals surface area contributed by atoms with Crippen molar-refractivity contribution in [3.8, 4) is 28.6 Å². The summed E-state index contributed by atoms with van der Waals surface area (Å²) >= 11 is 3.41. The molecule has 0 spiro atoms. The van der Waals surface area contributed by atoms with Crippen LogP contribution >= 0.6 is 34.4 Å². The van der Waals surface area contributed by atoms with Crippen LogP contribution < -0.4 is 14.2 Å². The summed E-state index contributed by atoms with van der Waals surface area (Å²) in [6.07, 6.45) is -1.08. The SMILES string of the molecule is COc1ccc(CN(Cc2ccc(OC)cc2)S(=O)(=O)c2c(S[C@@H](CO[Si](C)(C)C(C)(C)C)CN(C(=O)O)C(C)(C)C)ccc(I)c2-c2nnn(Cc3ccc(OC)cc3)n2)cc1. The van der Waals surface area contributed by atoms with Crippen molar-refractivity contribution in [1.82, 2.24) is 29.4 Å². The molecule has 0 saturated heterocycles. The first-order valence-electron chi connectivity index (χ1n) is 20.4. The van der Waals surface area contributed by atoms with Gasteiger partial charge < -0.3 is 28.6 Å². The lowest BCUT2D eigenvalue weighted by molar-refractivity contribution is 0.0970. The quantitative estimate of drug-likeness (QED) is 0.0475. The molecule has 18 heteroatoms. The second kappa shape index (κ2) is 20.7. The van der Waals surface area contributed by atoms with E-state index in [1.54, 1.807) is 51.7 Å². The molecule has 0 fully saturated rings. The van der Waals surface area contributed by atoms with Gasteiger partial charge in [0.15, 0.2) is 8.32 Å². The molecule has 0 radical (unpaired) electrons. The number of tetrazole rings is 1. The summed E-state index contributed by atoms with van der Waals surface area (Å²) in [5.41, 5.74) is 1.89. The van der Waals surface area contributed by atoms with Crippen molar-refractivity contribution in [1.29, 1.82) is 0 Å². The Kier molecular flexibility index (Phi) is 16.4. The zero-order valence-electron chi connectivity index (χ0n) is 37.9. The van der Waals surface area contributed by atoms with Gasteiger partial charge in [0, 0.05) is 45.5 Å². The topological polar surface area (TPSA) is 158 Å². The standard InChI is InChI=1S/C45H59IN6O8S2Si/c1-44(2,3)51(43(53)54)29-37(30-60-63(10,11)45(4,5)6)61-39-25-24-38(46)40(42-47-49-52(48-42)28-33-16-22-36(59-9)23-17-33)41(39)62(55,56)50(26-31-12-18-34(57-7)19-13-31)27-32-14-20-35(58-8)21-15-32/h12-25,37H,26-30H2,1-11H3,(H,53,54)/t37-/m1/s1. The highest BCUT2D eigenvalue weighted by Gasteiger charge is 2.40. The van der Waals surface area contributed by atoms with Gasteiger partial charge in [-0.05, 0) is 132 Å². The van der Waals surface area contributed by atoms with E-state index in [9.17, 15) is 9.90 Å². The number of rotatable bonds is 19. The molecule has 340 valence electrons. The van der Waals surface area contributed by atoms with Crippen molar-refractivity contribution >= 4 is 58.8 Å². The minimum Gasteiger partial charge on any atom is -0.497 e. The second-order valence-electron chi connectivity index (χ2n) is 17.6. The van der Waals surface area contributed by atoms with Gasteiger partial charge in [-0.1, -0.05) is 57.2 Å². The molecule has 1 heterocycles. The van der Waals surface area contributed by atoms with E-state index in [4.69, 9.17) is 23.7 Å². The van der Waals surface area contributed by atoms with Crippen molar-refractivity contribution in [2.45, 2.75) is 99.9 Å². The summed E-state index contributed by atoms with van der Waals surface area (Å²) in [4.78, 5) is 16.0. The van der Waals surface area contributed by atoms with Crippen molar-refractivity contribution in [2.24, 2.45) is 0 Å². The third-order valence-corrected chi connectivity index (χ3v) is 19.6. The molecule has 1 atom stereocenters. The fraction of sp³-hybridized carbons (Fsp3) is 0.422. The van der Waals surface area contributed by atoms with Gasteiger partial charge in [-0.25, -0.2) is 13.2 Å². The van der Waals surface area contributed by atoms with Crippen molar-refractivity contribution < 1.29 is 37.0 Å². The van der Waals surface area contributed by atoms with Crippen LogP contribution in [0.3, 0.4) is 0 Å². The van der Waals surface area contributed by atoms with Crippen molar-refractivity contribution in [3.05, 3.63) is 105 Å². The third kappa shape index (κ3) is 12.7. The van der Waals surface area contributed by atoms with E-state index in [1.807, 2.05) is 75.4 Å². The summed E-state index contributed by atoms with van der Waals surface area (Å²) in [5.74, 6) is 2.11. The number of nitrogens with zero attached hydrogens (tertiary/aromatic N) is 6. The number of ether oxygens (including phenoxy) is 3. The summed E-state index contributed by atoms with van der Waals surface area (Å²) in [5, 5.41) is 23.4. The summed E-state index contributed by atoms with van der Waals surface area (Å²) in [7, 11) is -2.04. The largest absolute Gasteiger partial charge is 0.497 e. The monoisotopic (exact) mass is 1030 g/mol. The van der Waals surface area contributed by atoms with Gasteiger partial charge in [0.25, 0.3) is 0 Å². The molecule has 1 amide bonds. The molecule has 0 bridgehead atoms. The molecule has 0 saturated carbocycles. The van der Waals surface area contributed by atoms with Gasteiger partial charge in [0.1, 0.15) is 22.1 Å². The number of benzene rings is 4. The lowest BCUT2D eigenvalue weighted by Gasteiger charge is -2.39. The number of aromatic nitrogens is 4. The average Bonchev–Trinajstić information content (AvgIpc) is 3.69. The van der Waals surface area contributed by atoms with Crippen LogP contribution in [0.4, 0.5) is 4.79 Å². The number of hydrogen-bond donors (Lipinski definition) is 1. The first-order valence-corrected chi connectivity index (χ1v) is 26.7. The van der Waals surface area contributed by atoms with Crippen LogP contribution in [0.5, 0.6) is 17.2 Å². The van der Waals surface area contributed by atoms with E-state index in [1.165, 1.54) is 25.8 Å². The summed E-state index contributed by atoms with van der Waals surface area (Å²) in [6, 6.07) is 25.7. The highest BCUT2D eigenvalue weighted by atomic mass is 127. The molecule has 0 unspecified atom stereocenters. The summed E-state index contributed by atoms with van der Waals surface area (Å²) < 4.78 is 56.7. The lowest BCUT2D eigenvalue weighted by Crippen LogP contribution is -2.50. The van der Waals surface area contributed by atoms with Gasteiger partial charge in [-0.15, -0.1) is 22.0 Å². The van der Waals surface area contributed by atoms with Crippen LogP contribution in [-0.4, -0.2) is 103 Å². The number of carbonyl (C=O) groups is 1. The Hall–Kier alpha value is -4.21.